The number of likely N-dealkylation sites (tertiary alicyclic amines) is 2. The Morgan fingerprint density at radius 1 is 0.967 bits per heavy atom. The smallest absolute Gasteiger partial charge is 0.261 e. The maximum atomic E-state index is 13.3. The van der Waals surface area contributed by atoms with Crippen molar-refractivity contribution >= 4 is 11.8 Å². The lowest BCUT2D eigenvalue weighted by Gasteiger charge is -2.39. The lowest BCUT2D eigenvalue weighted by molar-refractivity contribution is -0.145. The second-order valence-corrected chi connectivity index (χ2v) is 8.41. The van der Waals surface area contributed by atoms with Gasteiger partial charge in [-0.05, 0) is 49.8 Å². The van der Waals surface area contributed by atoms with Gasteiger partial charge in [-0.2, -0.15) is 0 Å². The van der Waals surface area contributed by atoms with Crippen LogP contribution in [0.3, 0.4) is 0 Å². The number of hydrogen-bond acceptors (Lipinski definition) is 4. The van der Waals surface area contributed by atoms with E-state index in [9.17, 15) is 19.8 Å². The minimum absolute atomic E-state index is 0.0856. The zero-order valence-electron chi connectivity index (χ0n) is 17.1. The Kier molecular flexibility index (Phi) is 5.66. The second kappa shape index (κ2) is 8.38. The van der Waals surface area contributed by atoms with Gasteiger partial charge in [0.15, 0.2) is 0 Å². The van der Waals surface area contributed by atoms with Crippen molar-refractivity contribution in [3.63, 3.8) is 0 Å². The number of carbonyl (C=O) groups excluding carboxylic acids is 2. The number of piperidine rings is 1. The number of rotatable bonds is 5. The third kappa shape index (κ3) is 3.86. The van der Waals surface area contributed by atoms with Crippen LogP contribution in [0.1, 0.15) is 41.6 Å². The molecule has 2 aliphatic rings. The first-order valence-electron chi connectivity index (χ1n) is 10.6. The molecule has 0 radical (unpaired) electrons. The topological polar surface area (TPSA) is 81.1 Å². The highest BCUT2D eigenvalue weighted by Gasteiger charge is 2.49. The highest BCUT2D eigenvalue weighted by atomic mass is 16.3. The van der Waals surface area contributed by atoms with Crippen LogP contribution in [0.2, 0.25) is 0 Å². The van der Waals surface area contributed by atoms with Gasteiger partial charge in [0.25, 0.3) is 5.91 Å². The Morgan fingerprint density at radius 3 is 2.43 bits per heavy atom. The van der Waals surface area contributed by atoms with E-state index >= 15 is 0 Å². The fourth-order valence-corrected chi connectivity index (χ4v) is 4.81. The fraction of sp³-hybridized carbons (Fsp3) is 0.417. The van der Waals surface area contributed by atoms with Crippen LogP contribution in [0.4, 0.5) is 0 Å². The summed E-state index contributed by atoms with van der Waals surface area (Å²) in [6.45, 7) is 2.29. The molecule has 2 aromatic rings. The zero-order chi connectivity index (χ0) is 21.1. The van der Waals surface area contributed by atoms with Crippen LogP contribution in [0, 0.1) is 5.41 Å². The van der Waals surface area contributed by atoms with Crippen LogP contribution in [-0.4, -0.2) is 58.0 Å². The molecule has 2 aliphatic heterocycles. The molecule has 0 aromatic heterocycles. The van der Waals surface area contributed by atoms with Gasteiger partial charge in [0.05, 0.1) is 5.41 Å². The number of benzene rings is 2. The molecule has 2 fully saturated rings. The summed E-state index contributed by atoms with van der Waals surface area (Å²) in [5.41, 5.74) is 0.648. The second-order valence-electron chi connectivity index (χ2n) is 8.41. The Bertz CT molecular complexity index is 910. The van der Waals surface area contributed by atoms with Crippen LogP contribution in [-0.2, 0) is 11.2 Å². The standard InChI is InChI=1S/C24H28N2O4/c27-19-10-4-11-20(28)21(19)22(29)26-16-13-24(17-26)12-6-15-25(23(24)30)14-5-9-18-7-2-1-3-8-18/h1-4,7-8,10-11,27-28H,5-6,9,12-17H2/t24-/m0/s1. The summed E-state index contributed by atoms with van der Waals surface area (Å²) in [4.78, 5) is 29.8. The normalized spacial score (nSPS) is 21.4. The van der Waals surface area contributed by atoms with Crippen molar-refractivity contribution < 1.29 is 19.8 Å². The maximum absolute atomic E-state index is 13.3. The number of phenols is 2. The Labute approximate surface area is 176 Å². The number of nitrogens with zero attached hydrogens (tertiary/aromatic N) is 2. The van der Waals surface area contributed by atoms with Gasteiger partial charge in [-0.3, -0.25) is 9.59 Å². The monoisotopic (exact) mass is 408 g/mol. The largest absolute Gasteiger partial charge is 0.507 e. The molecule has 0 bridgehead atoms. The zero-order valence-corrected chi connectivity index (χ0v) is 17.1. The van der Waals surface area contributed by atoms with Crippen LogP contribution in [0.25, 0.3) is 0 Å². The van der Waals surface area contributed by atoms with E-state index in [1.165, 1.54) is 23.8 Å². The van der Waals surface area contributed by atoms with E-state index in [0.717, 1.165) is 38.8 Å². The summed E-state index contributed by atoms with van der Waals surface area (Å²) in [6.07, 6.45) is 4.19. The summed E-state index contributed by atoms with van der Waals surface area (Å²) in [7, 11) is 0. The van der Waals surface area contributed by atoms with Gasteiger partial charge in [-0.25, -0.2) is 0 Å². The molecule has 158 valence electrons. The molecule has 6 nitrogen and oxygen atoms in total. The van der Waals surface area contributed by atoms with Gasteiger partial charge >= 0.3 is 0 Å². The number of hydrogen-bond donors (Lipinski definition) is 2. The van der Waals surface area contributed by atoms with Gasteiger partial charge in [-0.15, -0.1) is 0 Å². The fourth-order valence-electron chi connectivity index (χ4n) is 4.81. The maximum Gasteiger partial charge on any atom is 0.261 e. The summed E-state index contributed by atoms with van der Waals surface area (Å²) in [6, 6.07) is 14.5. The first-order chi connectivity index (χ1) is 14.5. The van der Waals surface area contributed by atoms with Crippen LogP contribution in [0.15, 0.2) is 48.5 Å². The van der Waals surface area contributed by atoms with E-state index < -0.39 is 11.3 Å². The molecule has 0 saturated carbocycles. The Balaban J connectivity index is 1.40. The molecule has 2 amide bonds. The van der Waals surface area contributed by atoms with Crippen LogP contribution in [0.5, 0.6) is 11.5 Å². The van der Waals surface area contributed by atoms with Gasteiger partial charge in [0.2, 0.25) is 5.91 Å². The first kappa shape index (κ1) is 20.3. The van der Waals surface area contributed by atoms with Gasteiger partial charge in [0.1, 0.15) is 17.1 Å². The summed E-state index contributed by atoms with van der Waals surface area (Å²) in [5, 5.41) is 20.1. The van der Waals surface area contributed by atoms with Crippen molar-refractivity contribution in [2.24, 2.45) is 5.41 Å². The lowest BCUT2D eigenvalue weighted by Crippen LogP contribution is -2.50. The van der Waals surface area contributed by atoms with Crippen molar-refractivity contribution in [3.8, 4) is 11.5 Å². The van der Waals surface area contributed by atoms with Crippen molar-refractivity contribution in [3.05, 3.63) is 59.7 Å². The van der Waals surface area contributed by atoms with Crippen molar-refractivity contribution in [1.29, 1.82) is 0 Å². The van der Waals surface area contributed by atoms with Gasteiger partial charge < -0.3 is 20.0 Å². The first-order valence-corrected chi connectivity index (χ1v) is 10.6. The predicted molar refractivity (Wildman–Crippen MR) is 113 cm³/mol. The van der Waals surface area contributed by atoms with E-state index in [-0.39, 0.29) is 23.0 Å². The number of carbonyl (C=O) groups is 2. The molecule has 2 saturated heterocycles. The highest BCUT2D eigenvalue weighted by molar-refractivity contribution is 6.00. The van der Waals surface area contributed by atoms with Gasteiger partial charge in [0, 0.05) is 26.2 Å². The number of phenolic OH excluding ortho intramolecular Hbond substituents is 2. The molecule has 30 heavy (non-hydrogen) atoms. The minimum atomic E-state index is -0.541. The molecule has 2 aromatic carbocycles. The van der Waals surface area contributed by atoms with E-state index in [2.05, 4.69) is 12.1 Å². The average molecular weight is 408 g/mol. The molecule has 2 N–H and O–H groups in total. The molecule has 1 atom stereocenters. The van der Waals surface area contributed by atoms with Gasteiger partial charge in [-0.1, -0.05) is 36.4 Å². The van der Waals surface area contributed by atoms with Crippen LogP contribution < -0.4 is 0 Å². The molecule has 6 heteroatoms. The van der Waals surface area contributed by atoms with E-state index in [1.54, 1.807) is 4.90 Å². The Morgan fingerprint density at radius 2 is 1.70 bits per heavy atom. The lowest BCUT2D eigenvalue weighted by atomic mass is 9.78. The molecule has 4 rings (SSSR count). The third-order valence-corrected chi connectivity index (χ3v) is 6.44. The third-order valence-electron chi connectivity index (χ3n) is 6.44. The minimum Gasteiger partial charge on any atom is -0.507 e. The Hall–Kier alpha value is -3.02. The van der Waals surface area contributed by atoms with E-state index in [1.807, 2.05) is 23.1 Å². The quantitative estimate of drug-likeness (QED) is 0.796. The van der Waals surface area contributed by atoms with E-state index in [4.69, 9.17) is 0 Å². The summed E-state index contributed by atoms with van der Waals surface area (Å²) >= 11 is 0. The van der Waals surface area contributed by atoms with Crippen LogP contribution >= 0.6 is 0 Å². The molecule has 0 aliphatic carbocycles. The number of aryl methyl sites for hydroxylation is 1. The predicted octanol–water partition coefficient (Wildman–Crippen LogP) is 3.19. The highest BCUT2D eigenvalue weighted by Crippen LogP contribution is 2.41. The number of amides is 2. The van der Waals surface area contributed by atoms with Crippen molar-refractivity contribution in [2.75, 3.05) is 26.2 Å². The molecular formula is C24H28N2O4. The summed E-state index contributed by atoms with van der Waals surface area (Å²) in [5.74, 6) is -0.757. The molecule has 2 heterocycles. The van der Waals surface area contributed by atoms with Crippen molar-refractivity contribution in [1.82, 2.24) is 9.80 Å². The summed E-state index contributed by atoms with van der Waals surface area (Å²) < 4.78 is 0. The average Bonchev–Trinajstić information content (AvgIpc) is 3.17. The molecule has 1 spiro atoms. The molecular weight excluding hydrogens is 380 g/mol. The van der Waals surface area contributed by atoms with E-state index in [0.29, 0.717) is 19.5 Å². The number of aromatic hydroxyl groups is 2. The SMILES string of the molecule is O=C(c1c(O)cccc1O)N1CC[C@@]2(CCCN(CCCc3ccccc3)C2=O)C1. The van der Waals surface area contributed by atoms with Crippen molar-refractivity contribution in [2.45, 2.75) is 32.1 Å². The molecule has 0 unspecified atom stereocenters.